The van der Waals surface area contributed by atoms with Crippen molar-refractivity contribution in [2.24, 2.45) is 0 Å². The van der Waals surface area contributed by atoms with Gasteiger partial charge in [-0.3, -0.25) is 4.79 Å². The standard InChI is InChI=1S/C13H7IO/c14-8-5-6-10-9-3-1-2-4-11(9)13(15)12(10)7-8/h1-7H. The maximum atomic E-state index is 12.0. The predicted molar refractivity (Wildman–Crippen MR) is 68.0 cm³/mol. The number of rotatable bonds is 0. The summed E-state index contributed by atoms with van der Waals surface area (Å²) in [7, 11) is 0. The number of ketones is 1. The summed E-state index contributed by atoms with van der Waals surface area (Å²) in [6, 6.07) is 13.8. The number of benzene rings is 2. The first-order valence-corrected chi connectivity index (χ1v) is 5.79. The lowest BCUT2D eigenvalue weighted by Gasteiger charge is -1.98. The first kappa shape index (κ1) is 9.09. The van der Waals surface area contributed by atoms with Crippen molar-refractivity contribution < 1.29 is 4.79 Å². The average Bonchev–Trinajstić information content (AvgIpc) is 2.54. The summed E-state index contributed by atoms with van der Waals surface area (Å²) < 4.78 is 1.10. The second-order valence-corrected chi connectivity index (χ2v) is 4.81. The molecule has 1 nitrogen and oxygen atoms in total. The lowest BCUT2D eigenvalue weighted by atomic mass is 10.1. The average molecular weight is 306 g/mol. The molecule has 0 saturated heterocycles. The molecule has 2 aromatic rings. The number of fused-ring (bicyclic) bond motifs is 3. The van der Waals surface area contributed by atoms with Gasteiger partial charge in [0.25, 0.3) is 0 Å². The highest BCUT2D eigenvalue weighted by molar-refractivity contribution is 14.1. The summed E-state index contributed by atoms with van der Waals surface area (Å²) >= 11 is 2.23. The third-order valence-corrected chi connectivity index (χ3v) is 3.36. The molecule has 1 aliphatic carbocycles. The molecule has 3 rings (SSSR count). The molecule has 0 heterocycles. The molecule has 0 bridgehead atoms. The monoisotopic (exact) mass is 306 g/mol. The topological polar surface area (TPSA) is 17.1 Å². The number of carbonyl (C=O) groups is 1. The van der Waals surface area contributed by atoms with Gasteiger partial charge in [0.1, 0.15) is 0 Å². The van der Waals surface area contributed by atoms with Crippen molar-refractivity contribution in [1.29, 1.82) is 0 Å². The van der Waals surface area contributed by atoms with Crippen LogP contribution in [0.5, 0.6) is 0 Å². The Kier molecular flexibility index (Phi) is 1.92. The second-order valence-electron chi connectivity index (χ2n) is 3.56. The number of hydrogen-bond donors (Lipinski definition) is 0. The van der Waals surface area contributed by atoms with Crippen LogP contribution in [0.25, 0.3) is 11.1 Å². The van der Waals surface area contributed by atoms with Gasteiger partial charge in [0.15, 0.2) is 5.78 Å². The van der Waals surface area contributed by atoms with E-state index in [-0.39, 0.29) is 5.78 Å². The van der Waals surface area contributed by atoms with Crippen LogP contribution in [0.3, 0.4) is 0 Å². The largest absolute Gasteiger partial charge is 0.289 e. The van der Waals surface area contributed by atoms with Crippen molar-refractivity contribution in [2.75, 3.05) is 0 Å². The quantitative estimate of drug-likeness (QED) is 0.581. The fourth-order valence-corrected chi connectivity index (χ4v) is 2.49. The summed E-state index contributed by atoms with van der Waals surface area (Å²) in [5.41, 5.74) is 3.79. The molecule has 0 saturated carbocycles. The Bertz CT molecular complexity index is 572. The highest BCUT2D eigenvalue weighted by Crippen LogP contribution is 2.36. The Balaban J connectivity index is 2.38. The van der Waals surface area contributed by atoms with Gasteiger partial charge in [-0.15, -0.1) is 0 Å². The van der Waals surface area contributed by atoms with Crippen LogP contribution in [-0.2, 0) is 0 Å². The molecule has 72 valence electrons. The molecular formula is C13H7IO. The number of carbonyl (C=O) groups excluding carboxylic acids is 1. The lowest BCUT2D eigenvalue weighted by molar-refractivity contribution is 0.104. The van der Waals surface area contributed by atoms with E-state index in [1.54, 1.807) is 0 Å². The molecule has 0 aromatic heterocycles. The first-order valence-electron chi connectivity index (χ1n) is 4.71. The van der Waals surface area contributed by atoms with E-state index in [0.29, 0.717) is 0 Å². The Hall–Kier alpha value is -1.16. The van der Waals surface area contributed by atoms with E-state index in [9.17, 15) is 4.79 Å². The SMILES string of the molecule is O=C1c2ccccc2-c2ccc(I)cc21. The third-order valence-electron chi connectivity index (χ3n) is 2.69. The molecule has 0 atom stereocenters. The van der Waals surface area contributed by atoms with Crippen LogP contribution in [0.2, 0.25) is 0 Å². The van der Waals surface area contributed by atoms with Gasteiger partial charge in [0.05, 0.1) is 0 Å². The summed E-state index contributed by atoms with van der Waals surface area (Å²) in [6.45, 7) is 0. The first-order chi connectivity index (χ1) is 7.27. The molecule has 0 fully saturated rings. The van der Waals surface area contributed by atoms with Crippen LogP contribution >= 0.6 is 22.6 Å². The van der Waals surface area contributed by atoms with Gasteiger partial charge < -0.3 is 0 Å². The zero-order chi connectivity index (χ0) is 10.4. The fourth-order valence-electron chi connectivity index (χ4n) is 2.00. The molecule has 0 N–H and O–H groups in total. The Labute approximate surface area is 101 Å². The summed E-state index contributed by atoms with van der Waals surface area (Å²) in [4.78, 5) is 12.0. The molecule has 15 heavy (non-hydrogen) atoms. The summed E-state index contributed by atoms with van der Waals surface area (Å²) in [5, 5.41) is 0. The van der Waals surface area contributed by atoms with E-state index in [0.717, 1.165) is 25.8 Å². The normalized spacial score (nSPS) is 12.5. The Morgan fingerprint density at radius 3 is 2.27 bits per heavy atom. The minimum absolute atomic E-state index is 0.152. The van der Waals surface area contributed by atoms with E-state index in [1.807, 2.05) is 42.5 Å². The Morgan fingerprint density at radius 1 is 0.800 bits per heavy atom. The predicted octanol–water partition coefficient (Wildman–Crippen LogP) is 3.50. The number of hydrogen-bond acceptors (Lipinski definition) is 1. The van der Waals surface area contributed by atoms with Gasteiger partial charge in [0, 0.05) is 14.7 Å². The highest BCUT2D eigenvalue weighted by Gasteiger charge is 2.25. The van der Waals surface area contributed by atoms with Crippen molar-refractivity contribution in [1.82, 2.24) is 0 Å². The smallest absolute Gasteiger partial charge is 0.194 e. The molecule has 0 unspecified atom stereocenters. The van der Waals surface area contributed by atoms with Gasteiger partial charge in [0.2, 0.25) is 0 Å². The zero-order valence-corrected chi connectivity index (χ0v) is 9.99. The van der Waals surface area contributed by atoms with Gasteiger partial charge in [-0.2, -0.15) is 0 Å². The van der Waals surface area contributed by atoms with E-state index in [1.165, 1.54) is 0 Å². The molecular weight excluding hydrogens is 299 g/mol. The van der Waals surface area contributed by atoms with E-state index >= 15 is 0 Å². The van der Waals surface area contributed by atoms with Crippen molar-refractivity contribution in [3.63, 3.8) is 0 Å². The van der Waals surface area contributed by atoms with Crippen molar-refractivity contribution >= 4 is 28.4 Å². The lowest BCUT2D eigenvalue weighted by Crippen LogP contribution is -1.94. The van der Waals surface area contributed by atoms with Crippen LogP contribution in [0.15, 0.2) is 42.5 Å². The van der Waals surface area contributed by atoms with E-state index in [2.05, 4.69) is 22.6 Å². The minimum atomic E-state index is 0.152. The van der Waals surface area contributed by atoms with Crippen molar-refractivity contribution in [3.8, 4) is 11.1 Å². The summed E-state index contributed by atoms with van der Waals surface area (Å²) in [6.07, 6.45) is 0. The number of halogens is 1. The van der Waals surface area contributed by atoms with Gasteiger partial charge in [-0.05, 0) is 45.9 Å². The van der Waals surface area contributed by atoms with E-state index < -0.39 is 0 Å². The second kappa shape index (κ2) is 3.17. The maximum Gasteiger partial charge on any atom is 0.194 e. The minimum Gasteiger partial charge on any atom is -0.289 e. The van der Waals surface area contributed by atoms with Crippen LogP contribution in [-0.4, -0.2) is 5.78 Å². The molecule has 2 aromatic carbocycles. The van der Waals surface area contributed by atoms with Gasteiger partial charge in [-0.1, -0.05) is 30.3 Å². The molecule has 0 amide bonds. The van der Waals surface area contributed by atoms with Crippen LogP contribution in [0.4, 0.5) is 0 Å². The van der Waals surface area contributed by atoms with Crippen molar-refractivity contribution in [3.05, 3.63) is 57.2 Å². The van der Waals surface area contributed by atoms with Crippen molar-refractivity contribution in [2.45, 2.75) is 0 Å². The molecule has 1 aliphatic rings. The fraction of sp³-hybridized carbons (Fsp3) is 0. The van der Waals surface area contributed by atoms with Gasteiger partial charge in [-0.25, -0.2) is 0 Å². The zero-order valence-electron chi connectivity index (χ0n) is 7.83. The Morgan fingerprint density at radius 2 is 1.47 bits per heavy atom. The van der Waals surface area contributed by atoms with Crippen LogP contribution in [0, 0.1) is 3.57 Å². The van der Waals surface area contributed by atoms with E-state index in [4.69, 9.17) is 0 Å². The molecule has 0 aliphatic heterocycles. The maximum absolute atomic E-state index is 12.0. The highest BCUT2D eigenvalue weighted by atomic mass is 127. The van der Waals surface area contributed by atoms with Crippen LogP contribution < -0.4 is 0 Å². The van der Waals surface area contributed by atoms with Gasteiger partial charge >= 0.3 is 0 Å². The summed E-state index contributed by atoms with van der Waals surface area (Å²) in [5.74, 6) is 0.152. The molecule has 0 radical (unpaired) electrons. The molecule has 2 heteroatoms. The third kappa shape index (κ3) is 1.24. The molecule has 0 spiro atoms. The van der Waals surface area contributed by atoms with Crippen LogP contribution in [0.1, 0.15) is 15.9 Å².